The van der Waals surface area contributed by atoms with E-state index in [1.807, 2.05) is 0 Å². The molecule has 162 valence electrons. The first kappa shape index (κ1) is 20.6. The van der Waals surface area contributed by atoms with Gasteiger partial charge < -0.3 is 19.5 Å². The van der Waals surface area contributed by atoms with Gasteiger partial charge in [0.25, 0.3) is 5.91 Å². The van der Waals surface area contributed by atoms with Gasteiger partial charge in [-0.15, -0.1) is 5.10 Å². The minimum atomic E-state index is -4.68. The number of amides is 1. The highest BCUT2D eigenvalue weighted by molar-refractivity contribution is 6.06. The number of rotatable bonds is 5. The van der Waals surface area contributed by atoms with Gasteiger partial charge >= 0.3 is 6.18 Å². The number of carbonyl (C=O) groups excluding carboxylic acids is 1. The molecule has 0 bridgehead atoms. The van der Waals surface area contributed by atoms with Crippen LogP contribution in [0, 0.1) is 5.82 Å². The number of hydrogen-bond acceptors (Lipinski definition) is 6. The second-order valence-electron chi connectivity index (χ2n) is 6.96. The SMILES string of the molecule is Cn1cnc(NC(=O)c2nnccc2N2CC(Oc3cc(F)cc(C(F)(F)F)c3)C2)c1. The van der Waals surface area contributed by atoms with Gasteiger partial charge in [0.1, 0.15) is 17.7 Å². The van der Waals surface area contributed by atoms with Crippen molar-refractivity contribution in [3.8, 4) is 5.75 Å². The van der Waals surface area contributed by atoms with Gasteiger partial charge in [-0.05, 0) is 18.2 Å². The molecule has 8 nitrogen and oxygen atoms in total. The normalized spacial score (nSPS) is 14.3. The highest BCUT2D eigenvalue weighted by Crippen LogP contribution is 2.33. The van der Waals surface area contributed by atoms with E-state index in [0.717, 1.165) is 12.1 Å². The van der Waals surface area contributed by atoms with Crippen molar-refractivity contribution in [3.63, 3.8) is 0 Å². The molecule has 0 aliphatic carbocycles. The second kappa shape index (κ2) is 7.85. The van der Waals surface area contributed by atoms with E-state index >= 15 is 0 Å². The van der Waals surface area contributed by atoms with Gasteiger partial charge in [0.05, 0.1) is 36.9 Å². The number of nitrogens with one attached hydrogen (secondary N) is 1. The summed E-state index contributed by atoms with van der Waals surface area (Å²) < 4.78 is 59.3. The number of imidazole rings is 1. The Kier molecular flexibility index (Phi) is 5.21. The number of halogens is 4. The Morgan fingerprint density at radius 1 is 1.26 bits per heavy atom. The van der Waals surface area contributed by atoms with Crippen molar-refractivity contribution in [1.29, 1.82) is 0 Å². The lowest BCUT2D eigenvalue weighted by Gasteiger charge is -2.40. The zero-order valence-electron chi connectivity index (χ0n) is 16.1. The van der Waals surface area contributed by atoms with Crippen LogP contribution in [0.15, 0.2) is 43.0 Å². The Hall–Kier alpha value is -3.70. The molecule has 1 N–H and O–H groups in total. The Morgan fingerprint density at radius 2 is 2.03 bits per heavy atom. The molecular weight excluding hydrogens is 420 g/mol. The molecule has 2 aromatic heterocycles. The number of carbonyl (C=O) groups is 1. The predicted octanol–water partition coefficient (Wildman–Crippen LogP) is 2.89. The molecule has 1 saturated heterocycles. The van der Waals surface area contributed by atoms with E-state index in [4.69, 9.17) is 4.74 Å². The van der Waals surface area contributed by atoms with E-state index in [1.165, 1.54) is 12.5 Å². The largest absolute Gasteiger partial charge is 0.487 e. The summed E-state index contributed by atoms with van der Waals surface area (Å²) in [6.45, 7) is 0.543. The molecule has 1 fully saturated rings. The first-order valence-electron chi connectivity index (χ1n) is 9.09. The number of hydrogen-bond donors (Lipinski definition) is 1. The second-order valence-corrected chi connectivity index (χ2v) is 6.96. The van der Waals surface area contributed by atoms with Gasteiger partial charge in [0, 0.05) is 19.3 Å². The van der Waals surface area contributed by atoms with E-state index in [-0.39, 0.29) is 24.5 Å². The number of alkyl halides is 3. The van der Waals surface area contributed by atoms with Crippen molar-refractivity contribution in [3.05, 3.63) is 60.1 Å². The number of aromatic nitrogens is 4. The third-order valence-electron chi connectivity index (χ3n) is 4.55. The van der Waals surface area contributed by atoms with Crippen LogP contribution in [0.2, 0.25) is 0 Å². The van der Waals surface area contributed by atoms with Gasteiger partial charge in [0.15, 0.2) is 11.5 Å². The topological polar surface area (TPSA) is 85.2 Å². The maximum Gasteiger partial charge on any atom is 0.416 e. The van der Waals surface area contributed by atoms with Crippen molar-refractivity contribution in [2.45, 2.75) is 12.3 Å². The van der Waals surface area contributed by atoms with Gasteiger partial charge in [0.2, 0.25) is 0 Å². The Morgan fingerprint density at radius 3 is 2.71 bits per heavy atom. The van der Waals surface area contributed by atoms with Crippen molar-refractivity contribution in [2.75, 3.05) is 23.3 Å². The standard InChI is InChI=1S/C19H16F4N6O2/c1-28-9-16(24-10-28)26-18(30)17-15(2-3-25-27-17)29-7-14(8-29)31-13-5-11(19(21,22)23)4-12(20)6-13/h2-6,9-10,14H,7-8H2,1H3,(H,26,30). The first-order chi connectivity index (χ1) is 14.7. The molecule has 0 radical (unpaired) electrons. The molecule has 1 aliphatic rings. The van der Waals surface area contributed by atoms with Gasteiger partial charge in [-0.25, -0.2) is 9.37 Å². The lowest BCUT2D eigenvalue weighted by molar-refractivity contribution is -0.137. The fraction of sp³-hybridized carbons (Fsp3) is 0.263. The van der Waals surface area contributed by atoms with Gasteiger partial charge in [-0.3, -0.25) is 4.79 Å². The Balaban J connectivity index is 1.43. The van der Waals surface area contributed by atoms with E-state index in [0.29, 0.717) is 17.6 Å². The molecule has 0 saturated carbocycles. The quantitative estimate of drug-likeness (QED) is 0.620. The smallest absolute Gasteiger partial charge is 0.416 e. The number of aryl methyl sites for hydroxylation is 1. The highest BCUT2D eigenvalue weighted by atomic mass is 19.4. The van der Waals surface area contributed by atoms with Crippen LogP contribution in [0.25, 0.3) is 0 Å². The molecule has 0 spiro atoms. The lowest BCUT2D eigenvalue weighted by Crippen LogP contribution is -2.54. The van der Waals surface area contributed by atoms with Gasteiger partial charge in [-0.2, -0.15) is 18.3 Å². The van der Waals surface area contributed by atoms with Crippen LogP contribution < -0.4 is 15.0 Å². The Bertz CT molecular complexity index is 1110. The lowest BCUT2D eigenvalue weighted by atomic mass is 10.1. The van der Waals surface area contributed by atoms with Crippen molar-refractivity contribution in [2.24, 2.45) is 7.05 Å². The van der Waals surface area contributed by atoms with Crippen molar-refractivity contribution in [1.82, 2.24) is 19.7 Å². The van der Waals surface area contributed by atoms with Crippen LogP contribution in [0.3, 0.4) is 0 Å². The summed E-state index contributed by atoms with van der Waals surface area (Å²) >= 11 is 0. The number of nitrogens with zero attached hydrogens (tertiary/aromatic N) is 5. The molecule has 0 atom stereocenters. The highest BCUT2D eigenvalue weighted by Gasteiger charge is 2.34. The molecule has 31 heavy (non-hydrogen) atoms. The van der Waals surface area contributed by atoms with E-state index < -0.39 is 29.6 Å². The van der Waals surface area contributed by atoms with Crippen molar-refractivity contribution < 1.29 is 27.1 Å². The van der Waals surface area contributed by atoms with Crippen LogP contribution in [0.1, 0.15) is 16.1 Å². The minimum Gasteiger partial charge on any atom is -0.487 e. The number of anilines is 2. The maximum absolute atomic E-state index is 13.5. The average molecular weight is 436 g/mol. The van der Waals surface area contributed by atoms with Crippen LogP contribution in [0.5, 0.6) is 5.75 Å². The molecule has 0 unspecified atom stereocenters. The third kappa shape index (κ3) is 4.57. The molecule has 4 rings (SSSR count). The molecule has 3 aromatic rings. The van der Waals surface area contributed by atoms with Gasteiger partial charge in [-0.1, -0.05) is 0 Å². The number of benzene rings is 1. The summed E-state index contributed by atoms with van der Waals surface area (Å²) in [7, 11) is 1.76. The van der Waals surface area contributed by atoms with Crippen LogP contribution >= 0.6 is 0 Å². The zero-order chi connectivity index (χ0) is 22.2. The van der Waals surface area contributed by atoms with E-state index in [2.05, 4.69) is 20.5 Å². The molecule has 1 amide bonds. The molecular formula is C19H16F4N6O2. The monoisotopic (exact) mass is 436 g/mol. The third-order valence-corrected chi connectivity index (χ3v) is 4.55. The maximum atomic E-state index is 13.5. The Labute approximate surface area is 173 Å². The zero-order valence-corrected chi connectivity index (χ0v) is 16.1. The molecule has 3 heterocycles. The van der Waals surface area contributed by atoms with Crippen LogP contribution in [-0.2, 0) is 13.2 Å². The number of ether oxygens (including phenoxy) is 1. The summed E-state index contributed by atoms with van der Waals surface area (Å²) in [5, 5.41) is 10.3. The summed E-state index contributed by atoms with van der Waals surface area (Å²) in [5.41, 5.74) is -0.569. The first-order valence-corrected chi connectivity index (χ1v) is 9.09. The minimum absolute atomic E-state index is 0.0664. The summed E-state index contributed by atoms with van der Waals surface area (Å²) in [6, 6.07) is 3.67. The van der Waals surface area contributed by atoms with Crippen molar-refractivity contribution >= 4 is 17.4 Å². The fourth-order valence-corrected chi connectivity index (χ4v) is 3.09. The van der Waals surface area contributed by atoms with E-state index in [9.17, 15) is 22.4 Å². The van der Waals surface area contributed by atoms with Crippen LogP contribution in [0.4, 0.5) is 29.1 Å². The average Bonchev–Trinajstić information content (AvgIpc) is 3.08. The molecule has 12 heteroatoms. The fourth-order valence-electron chi connectivity index (χ4n) is 3.09. The summed E-state index contributed by atoms with van der Waals surface area (Å²) in [4.78, 5) is 18.3. The summed E-state index contributed by atoms with van der Waals surface area (Å²) in [5.74, 6) is -1.41. The summed E-state index contributed by atoms with van der Waals surface area (Å²) in [6.07, 6.45) is -0.590. The predicted molar refractivity (Wildman–Crippen MR) is 101 cm³/mol. The molecule has 1 aliphatic heterocycles. The van der Waals surface area contributed by atoms with Crippen LogP contribution in [-0.4, -0.2) is 44.8 Å². The molecule has 1 aromatic carbocycles. The van der Waals surface area contributed by atoms with E-state index in [1.54, 1.807) is 28.8 Å².